The molecule has 1 unspecified atom stereocenters. The van der Waals surface area contributed by atoms with Crippen molar-refractivity contribution in [2.45, 2.75) is 76.6 Å². The van der Waals surface area contributed by atoms with E-state index in [0.717, 1.165) is 44.2 Å². The molecule has 0 bridgehead atoms. The van der Waals surface area contributed by atoms with Crippen molar-refractivity contribution in [1.82, 2.24) is 0 Å². The average Bonchev–Trinajstić information content (AvgIpc) is 2.42. The Hall–Kier alpha value is -0.0600. The van der Waals surface area contributed by atoms with Crippen molar-refractivity contribution in [3.05, 3.63) is 11.8 Å². The van der Waals surface area contributed by atoms with Crippen LogP contribution in [0.1, 0.15) is 66.2 Å². The topological polar surface area (TPSA) is 66.5 Å². The third-order valence-electron chi connectivity index (χ3n) is 7.00. The highest BCUT2D eigenvalue weighted by molar-refractivity contribution is 9.09. The molecule has 4 N–H and O–H groups in total. The zero-order valence-corrected chi connectivity index (χ0v) is 16.7. The second kappa shape index (κ2) is 6.68. The fourth-order valence-electron chi connectivity index (χ4n) is 5.66. The van der Waals surface area contributed by atoms with E-state index in [1.165, 1.54) is 0 Å². The standard InChI is InChI=1S/C19H34BrNO2/c1-17(2)14-7-11-19(4,23)15(6-5-13(21)9-12-22)18(14,3)10-8-16(17)20/h9,14-16,22-23H,5-8,10-12,21H2,1-4H3/b13-9-/t14?,15-,16+,18+,19+/m1/s1. The molecule has 4 heteroatoms. The molecule has 2 rings (SSSR count). The first-order valence-corrected chi connectivity index (χ1v) is 9.89. The molecule has 2 aliphatic rings. The third kappa shape index (κ3) is 3.50. The van der Waals surface area contributed by atoms with E-state index >= 15 is 0 Å². The van der Waals surface area contributed by atoms with E-state index in [2.05, 4.69) is 36.7 Å². The van der Waals surface area contributed by atoms with E-state index in [0.29, 0.717) is 10.7 Å². The number of alkyl halides is 1. The molecule has 0 spiro atoms. The SMILES string of the molecule is CC1(C)C2CC[C@](C)(O)[C@H](CC/C(N)=C/CO)[C@@]2(C)CC[C@@H]1Br. The van der Waals surface area contributed by atoms with Gasteiger partial charge < -0.3 is 15.9 Å². The lowest BCUT2D eigenvalue weighted by Gasteiger charge is -2.62. The second-order valence-electron chi connectivity index (χ2n) is 8.83. The molecule has 0 aromatic heterocycles. The zero-order valence-electron chi connectivity index (χ0n) is 15.1. The average molecular weight is 388 g/mol. The van der Waals surface area contributed by atoms with Crippen molar-refractivity contribution in [1.29, 1.82) is 0 Å². The van der Waals surface area contributed by atoms with Gasteiger partial charge in [-0.05, 0) is 74.2 Å². The number of halogens is 1. The Kier molecular flexibility index (Phi) is 5.60. The molecule has 0 radical (unpaired) electrons. The summed E-state index contributed by atoms with van der Waals surface area (Å²) in [7, 11) is 0. The molecular formula is C19H34BrNO2. The molecule has 134 valence electrons. The Morgan fingerprint density at radius 2 is 1.87 bits per heavy atom. The minimum atomic E-state index is -0.625. The number of fused-ring (bicyclic) bond motifs is 1. The van der Waals surface area contributed by atoms with Gasteiger partial charge in [-0.15, -0.1) is 0 Å². The van der Waals surface area contributed by atoms with Gasteiger partial charge in [0.05, 0.1) is 12.2 Å². The number of nitrogens with two attached hydrogens (primary N) is 1. The van der Waals surface area contributed by atoms with Gasteiger partial charge in [-0.2, -0.15) is 0 Å². The molecule has 5 atom stereocenters. The van der Waals surface area contributed by atoms with Gasteiger partial charge in [-0.1, -0.05) is 36.7 Å². The Morgan fingerprint density at radius 3 is 2.48 bits per heavy atom. The van der Waals surface area contributed by atoms with Crippen molar-refractivity contribution in [2.75, 3.05) is 6.61 Å². The number of aliphatic hydroxyl groups is 2. The number of allylic oxidation sites excluding steroid dienone is 1. The number of rotatable bonds is 4. The first kappa shape index (κ1) is 19.3. The van der Waals surface area contributed by atoms with E-state index in [1.54, 1.807) is 6.08 Å². The van der Waals surface area contributed by atoms with Gasteiger partial charge in [0.1, 0.15) is 0 Å². The van der Waals surface area contributed by atoms with Crippen LogP contribution in [0.25, 0.3) is 0 Å². The Bertz CT molecular complexity index is 460. The van der Waals surface area contributed by atoms with E-state index in [1.807, 2.05) is 6.92 Å². The van der Waals surface area contributed by atoms with Gasteiger partial charge in [-0.3, -0.25) is 0 Å². The largest absolute Gasteiger partial charge is 0.402 e. The Balaban J connectivity index is 2.28. The smallest absolute Gasteiger partial charge is 0.0653 e. The van der Waals surface area contributed by atoms with Gasteiger partial charge in [0.15, 0.2) is 0 Å². The molecule has 0 heterocycles. The van der Waals surface area contributed by atoms with Crippen LogP contribution in [0.2, 0.25) is 0 Å². The molecule has 0 saturated heterocycles. The molecule has 2 fully saturated rings. The van der Waals surface area contributed by atoms with Crippen LogP contribution in [0.5, 0.6) is 0 Å². The Labute approximate surface area is 149 Å². The minimum Gasteiger partial charge on any atom is -0.402 e. The van der Waals surface area contributed by atoms with Crippen LogP contribution in [0, 0.1) is 22.7 Å². The molecule has 0 aromatic carbocycles. The van der Waals surface area contributed by atoms with Crippen molar-refractivity contribution in [2.24, 2.45) is 28.4 Å². The first-order valence-electron chi connectivity index (χ1n) is 8.97. The molecule has 0 aliphatic heterocycles. The summed E-state index contributed by atoms with van der Waals surface area (Å²) in [5.41, 5.74) is 6.49. The molecule has 2 saturated carbocycles. The normalized spacial score (nSPS) is 44.0. The van der Waals surface area contributed by atoms with Crippen LogP contribution in [0.4, 0.5) is 0 Å². The predicted molar refractivity (Wildman–Crippen MR) is 99.3 cm³/mol. The second-order valence-corrected chi connectivity index (χ2v) is 9.94. The lowest BCUT2D eigenvalue weighted by molar-refractivity contribution is -0.166. The van der Waals surface area contributed by atoms with Gasteiger partial charge in [0.25, 0.3) is 0 Å². The van der Waals surface area contributed by atoms with Crippen molar-refractivity contribution < 1.29 is 10.2 Å². The highest BCUT2D eigenvalue weighted by Crippen LogP contribution is 2.64. The molecule has 2 aliphatic carbocycles. The summed E-state index contributed by atoms with van der Waals surface area (Å²) in [5.74, 6) is 0.861. The van der Waals surface area contributed by atoms with Crippen LogP contribution in [0.3, 0.4) is 0 Å². The van der Waals surface area contributed by atoms with Crippen LogP contribution >= 0.6 is 15.9 Å². The van der Waals surface area contributed by atoms with Gasteiger partial charge >= 0.3 is 0 Å². The molecular weight excluding hydrogens is 354 g/mol. The summed E-state index contributed by atoms with van der Waals surface area (Å²) in [6, 6.07) is 0. The summed E-state index contributed by atoms with van der Waals surface area (Å²) in [5, 5.41) is 20.1. The van der Waals surface area contributed by atoms with Crippen LogP contribution in [-0.2, 0) is 0 Å². The summed E-state index contributed by atoms with van der Waals surface area (Å²) < 4.78 is 0. The lowest BCUT2D eigenvalue weighted by atomic mass is 9.45. The monoisotopic (exact) mass is 387 g/mol. The quantitative estimate of drug-likeness (QED) is 0.639. The van der Waals surface area contributed by atoms with Crippen LogP contribution in [-0.4, -0.2) is 27.2 Å². The Morgan fingerprint density at radius 1 is 1.22 bits per heavy atom. The van der Waals surface area contributed by atoms with E-state index in [-0.39, 0.29) is 23.4 Å². The maximum absolute atomic E-state index is 11.1. The molecule has 23 heavy (non-hydrogen) atoms. The van der Waals surface area contributed by atoms with E-state index < -0.39 is 5.60 Å². The first-order chi connectivity index (χ1) is 10.6. The summed E-state index contributed by atoms with van der Waals surface area (Å²) >= 11 is 3.91. The van der Waals surface area contributed by atoms with Gasteiger partial charge in [0.2, 0.25) is 0 Å². The highest BCUT2D eigenvalue weighted by atomic mass is 79.9. The van der Waals surface area contributed by atoms with E-state index in [4.69, 9.17) is 10.8 Å². The fourth-order valence-corrected chi connectivity index (χ4v) is 6.21. The van der Waals surface area contributed by atoms with Crippen molar-refractivity contribution >= 4 is 15.9 Å². The van der Waals surface area contributed by atoms with Crippen LogP contribution in [0.15, 0.2) is 11.8 Å². The van der Waals surface area contributed by atoms with Crippen molar-refractivity contribution in [3.63, 3.8) is 0 Å². The molecule has 0 amide bonds. The summed E-state index contributed by atoms with van der Waals surface area (Å²) in [6.45, 7) is 9.16. The third-order valence-corrected chi connectivity index (χ3v) is 8.64. The fraction of sp³-hybridized carbons (Fsp3) is 0.895. The summed E-state index contributed by atoms with van der Waals surface area (Å²) in [6.07, 6.45) is 7.60. The maximum atomic E-state index is 11.1. The number of hydrogen-bond acceptors (Lipinski definition) is 3. The van der Waals surface area contributed by atoms with Crippen LogP contribution < -0.4 is 5.73 Å². The summed E-state index contributed by atoms with van der Waals surface area (Å²) in [4.78, 5) is 0.552. The molecule has 0 aromatic rings. The zero-order chi connectivity index (χ0) is 17.5. The number of aliphatic hydroxyl groups excluding tert-OH is 1. The number of hydrogen-bond donors (Lipinski definition) is 3. The highest BCUT2D eigenvalue weighted by Gasteiger charge is 2.59. The minimum absolute atomic E-state index is 0.00885. The predicted octanol–water partition coefficient (Wildman–Crippen LogP) is 3.97. The van der Waals surface area contributed by atoms with E-state index in [9.17, 15) is 5.11 Å². The lowest BCUT2D eigenvalue weighted by Crippen LogP contribution is -2.59. The maximum Gasteiger partial charge on any atom is 0.0653 e. The van der Waals surface area contributed by atoms with Gasteiger partial charge in [0, 0.05) is 10.5 Å². The van der Waals surface area contributed by atoms with Crippen molar-refractivity contribution in [3.8, 4) is 0 Å². The molecule has 3 nitrogen and oxygen atoms in total. The van der Waals surface area contributed by atoms with Gasteiger partial charge in [-0.25, -0.2) is 0 Å².